The first kappa shape index (κ1) is 28.9. The number of nitrogens with one attached hydrogen (secondary N) is 3. The lowest BCUT2D eigenvalue weighted by Gasteiger charge is -2.23. The summed E-state index contributed by atoms with van der Waals surface area (Å²) >= 11 is 1.54. The van der Waals surface area contributed by atoms with E-state index in [-0.39, 0.29) is 19.3 Å². The number of amides is 4. The summed E-state index contributed by atoms with van der Waals surface area (Å²) in [5.74, 6) is -3.25. The normalized spacial score (nSPS) is 14.2. The van der Waals surface area contributed by atoms with Crippen molar-refractivity contribution in [1.29, 1.82) is 0 Å². The number of carbonyl (C=O) groups excluding carboxylic acids is 4. The highest BCUT2D eigenvalue weighted by atomic mass is 32.2. The van der Waals surface area contributed by atoms with Crippen LogP contribution in [-0.2, 0) is 30.4 Å². The molecule has 34 heavy (non-hydrogen) atoms. The SMILES string of the molecule is CSCCC(N)C(=O)NC(C)C(=O)NC(CCC(N)=O)C(=O)NC(Cc1ccccc1)C(=O)O. The molecule has 0 fully saturated rings. The number of rotatable bonds is 15. The second-order valence-corrected chi connectivity index (χ2v) is 8.76. The average molecular weight is 496 g/mol. The third kappa shape index (κ3) is 10.7. The number of carboxylic acids is 1. The molecular formula is C22H33N5O6S. The topological polar surface area (TPSA) is 194 Å². The number of hydrogen-bond acceptors (Lipinski definition) is 7. The van der Waals surface area contributed by atoms with Crippen LogP contribution in [0.1, 0.15) is 31.7 Å². The van der Waals surface area contributed by atoms with Crippen LogP contribution in [0.4, 0.5) is 0 Å². The number of nitrogens with two attached hydrogens (primary N) is 2. The number of carbonyl (C=O) groups is 5. The Kier molecular flexibility index (Phi) is 12.7. The summed E-state index contributed by atoms with van der Waals surface area (Å²) in [6.07, 6.45) is 1.99. The molecule has 188 valence electrons. The highest BCUT2D eigenvalue weighted by Crippen LogP contribution is 2.06. The summed E-state index contributed by atoms with van der Waals surface area (Å²) < 4.78 is 0. The molecule has 1 aromatic rings. The fourth-order valence-corrected chi connectivity index (χ4v) is 3.43. The second kappa shape index (κ2) is 14.9. The smallest absolute Gasteiger partial charge is 0.326 e. The second-order valence-electron chi connectivity index (χ2n) is 7.77. The van der Waals surface area contributed by atoms with Crippen LogP contribution in [0, 0.1) is 0 Å². The molecule has 0 saturated heterocycles. The first-order chi connectivity index (χ1) is 16.0. The Balaban J connectivity index is 2.84. The van der Waals surface area contributed by atoms with Crippen molar-refractivity contribution in [3.8, 4) is 0 Å². The van der Waals surface area contributed by atoms with E-state index in [1.54, 1.807) is 30.3 Å². The summed E-state index contributed by atoms with van der Waals surface area (Å²) in [4.78, 5) is 60.5. The number of benzene rings is 1. The van der Waals surface area contributed by atoms with E-state index in [1.165, 1.54) is 18.7 Å². The van der Waals surface area contributed by atoms with Gasteiger partial charge < -0.3 is 32.5 Å². The third-order valence-corrected chi connectivity index (χ3v) is 5.58. The number of thioether (sulfide) groups is 1. The highest BCUT2D eigenvalue weighted by Gasteiger charge is 2.29. The van der Waals surface area contributed by atoms with E-state index in [1.807, 2.05) is 6.26 Å². The Morgan fingerprint density at radius 1 is 0.941 bits per heavy atom. The molecule has 0 heterocycles. The molecule has 8 N–H and O–H groups in total. The molecule has 11 nitrogen and oxygen atoms in total. The fourth-order valence-electron chi connectivity index (χ4n) is 2.94. The number of carboxylic acid groups (broad SMARTS) is 1. The molecule has 4 unspecified atom stereocenters. The number of hydrogen-bond donors (Lipinski definition) is 6. The van der Waals surface area contributed by atoms with Crippen LogP contribution in [-0.4, -0.2) is 70.9 Å². The summed E-state index contributed by atoms with van der Waals surface area (Å²) in [5, 5.41) is 16.9. The highest BCUT2D eigenvalue weighted by molar-refractivity contribution is 7.98. The molecular weight excluding hydrogens is 462 g/mol. The number of primary amides is 1. The molecule has 1 rings (SSSR count). The fraction of sp³-hybridized carbons (Fsp3) is 0.500. The summed E-state index contributed by atoms with van der Waals surface area (Å²) in [5.41, 5.74) is 11.7. The van der Waals surface area contributed by atoms with E-state index in [0.29, 0.717) is 17.7 Å². The molecule has 0 aliphatic heterocycles. The van der Waals surface area contributed by atoms with Gasteiger partial charge in [0.2, 0.25) is 23.6 Å². The minimum Gasteiger partial charge on any atom is -0.480 e. The van der Waals surface area contributed by atoms with Crippen LogP contribution >= 0.6 is 11.8 Å². The van der Waals surface area contributed by atoms with Crippen LogP contribution in [0.25, 0.3) is 0 Å². The van der Waals surface area contributed by atoms with Gasteiger partial charge in [-0.05, 0) is 37.3 Å². The maximum absolute atomic E-state index is 12.8. The predicted octanol–water partition coefficient (Wildman–Crippen LogP) is -0.866. The standard InChI is InChI=1S/C22H33N5O6S/c1-13(25-20(30)15(23)10-11-34-2)19(29)26-16(8-9-18(24)28)21(31)27-17(22(32)33)12-14-6-4-3-5-7-14/h3-7,13,15-17H,8-12,23H2,1-2H3,(H2,24,28)(H,25,30)(H,26,29)(H,27,31)(H,32,33). The molecule has 1 aromatic carbocycles. The van der Waals surface area contributed by atoms with Gasteiger partial charge in [0.25, 0.3) is 0 Å². The van der Waals surface area contributed by atoms with Crippen LogP contribution < -0.4 is 27.4 Å². The molecule has 0 radical (unpaired) electrons. The lowest BCUT2D eigenvalue weighted by Crippen LogP contribution is -2.56. The maximum Gasteiger partial charge on any atom is 0.326 e. The Morgan fingerprint density at radius 2 is 1.56 bits per heavy atom. The van der Waals surface area contributed by atoms with Gasteiger partial charge in [0.15, 0.2) is 0 Å². The largest absolute Gasteiger partial charge is 0.480 e. The average Bonchev–Trinajstić information content (AvgIpc) is 2.79. The van der Waals surface area contributed by atoms with E-state index in [0.717, 1.165) is 0 Å². The van der Waals surface area contributed by atoms with Crippen molar-refractivity contribution in [2.75, 3.05) is 12.0 Å². The van der Waals surface area contributed by atoms with Crippen molar-refractivity contribution in [1.82, 2.24) is 16.0 Å². The molecule has 0 aliphatic rings. The Labute approximate surface area is 202 Å². The van der Waals surface area contributed by atoms with Gasteiger partial charge in [-0.15, -0.1) is 0 Å². The van der Waals surface area contributed by atoms with E-state index in [2.05, 4.69) is 16.0 Å². The van der Waals surface area contributed by atoms with Gasteiger partial charge in [0.05, 0.1) is 6.04 Å². The Hall–Kier alpha value is -3.12. The monoisotopic (exact) mass is 495 g/mol. The molecule has 4 atom stereocenters. The van der Waals surface area contributed by atoms with Gasteiger partial charge in [0.1, 0.15) is 18.1 Å². The first-order valence-electron chi connectivity index (χ1n) is 10.8. The number of aliphatic carboxylic acids is 1. The third-order valence-electron chi connectivity index (χ3n) is 4.93. The molecule has 0 spiro atoms. The molecule has 4 amide bonds. The molecule has 0 saturated carbocycles. The van der Waals surface area contributed by atoms with Crippen molar-refractivity contribution in [3.05, 3.63) is 35.9 Å². The summed E-state index contributed by atoms with van der Waals surface area (Å²) in [6, 6.07) is 4.43. The van der Waals surface area contributed by atoms with Crippen molar-refractivity contribution in [3.63, 3.8) is 0 Å². The predicted molar refractivity (Wildman–Crippen MR) is 129 cm³/mol. The zero-order chi connectivity index (χ0) is 25.7. The van der Waals surface area contributed by atoms with Gasteiger partial charge >= 0.3 is 5.97 Å². The Morgan fingerprint density at radius 3 is 2.12 bits per heavy atom. The van der Waals surface area contributed by atoms with Crippen LogP contribution in [0.15, 0.2) is 30.3 Å². The molecule has 0 aromatic heterocycles. The van der Waals surface area contributed by atoms with Crippen molar-refractivity contribution < 1.29 is 29.1 Å². The first-order valence-corrected chi connectivity index (χ1v) is 12.1. The quantitative estimate of drug-likeness (QED) is 0.181. The van der Waals surface area contributed by atoms with Crippen molar-refractivity contribution in [2.45, 2.75) is 56.8 Å². The van der Waals surface area contributed by atoms with E-state index in [4.69, 9.17) is 11.5 Å². The zero-order valence-electron chi connectivity index (χ0n) is 19.3. The van der Waals surface area contributed by atoms with E-state index >= 15 is 0 Å². The summed E-state index contributed by atoms with van der Waals surface area (Å²) in [6.45, 7) is 1.42. The minimum atomic E-state index is -1.26. The van der Waals surface area contributed by atoms with Crippen LogP contribution in [0.3, 0.4) is 0 Å². The van der Waals surface area contributed by atoms with E-state index < -0.39 is 53.8 Å². The lowest BCUT2D eigenvalue weighted by molar-refractivity contribution is -0.142. The van der Waals surface area contributed by atoms with Gasteiger partial charge in [-0.25, -0.2) is 4.79 Å². The van der Waals surface area contributed by atoms with Crippen molar-refractivity contribution >= 4 is 41.4 Å². The van der Waals surface area contributed by atoms with Gasteiger partial charge in [-0.1, -0.05) is 30.3 Å². The van der Waals surface area contributed by atoms with Crippen LogP contribution in [0.2, 0.25) is 0 Å². The maximum atomic E-state index is 12.8. The Bertz CT molecular complexity index is 853. The molecule has 12 heteroatoms. The van der Waals surface area contributed by atoms with Crippen LogP contribution in [0.5, 0.6) is 0 Å². The molecule has 0 bridgehead atoms. The van der Waals surface area contributed by atoms with Crippen molar-refractivity contribution in [2.24, 2.45) is 11.5 Å². The minimum absolute atomic E-state index is 0.0266. The lowest BCUT2D eigenvalue weighted by atomic mass is 10.0. The van der Waals surface area contributed by atoms with E-state index in [9.17, 15) is 29.1 Å². The van der Waals surface area contributed by atoms with Gasteiger partial charge in [0, 0.05) is 12.8 Å². The van der Waals surface area contributed by atoms with Gasteiger partial charge in [-0.3, -0.25) is 19.2 Å². The summed E-state index contributed by atoms with van der Waals surface area (Å²) in [7, 11) is 0. The zero-order valence-corrected chi connectivity index (χ0v) is 20.1. The molecule has 0 aliphatic carbocycles. The van der Waals surface area contributed by atoms with Gasteiger partial charge in [-0.2, -0.15) is 11.8 Å².